The molecule has 1 aliphatic rings. The molecule has 2 aromatic rings. The summed E-state index contributed by atoms with van der Waals surface area (Å²) in [6.07, 6.45) is 1.68. The Morgan fingerprint density at radius 1 is 1.18 bits per heavy atom. The topological polar surface area (TPSA) is 32.3 Å². The van der Waals surface area contributed by atoms with Gasteiger partial charge >= 0.3 is 6.03 Å². The molecule has 3 rings (SSSR count). The van der Waals surface area contributed by atoms with E-state index in [2.05, 4.69) is 5.32 Å². The SMILES string of the molecule is Cc1ccc(NC(=O)N2CCC[C@@H]2c2ccccc2F)cc1. The Balaban J connectivity index is 1.76. The number of nitrogens with one attached hydrogen (secondary N) is 1. The zero-order chi connectivity index (χ0) is 15.5. The van der Waals surface area contributed by atoms with E-state index in [1.807, 2.05) is 37.3 Å². The van der Waals surface area contributed by atoms with Crippen molar-refractivity contribution in [3.05, 3.63) is 65.5 Å². The number of hydrogen-bond donors (Lipinski definition) is 1. The number of carbonyl (C=O) groups is 1. The molecule has 0 radical (unpaired) electrons. The van der Waals surface area contributed by atoms with Gasteiger partial charge in [0.15, 0.2) is 0 Å². The summed E-state index contributed by atoms with van der Waals surface area (Å²) in [7, 11) is 0. The fraction of sp³-hybridized carbons (Fsp3) is 0.278. The molecular formula is C18H19FN2O. The number of anilines is 1. The van der Waals surface area contributed by atoms with Crippen LogP contribution >= 0.6 is 0 Å². The lowest BCUT2D eigenvalue weighted by atomic mass is 10.0. The quantitative estimate of drug-likeness (QED) is 0.869. The van der Waals surface area contributed by atoms with Gasteiger partial charge in [0.1, 0.15) is 5.82 Å². The van der Waals surface area contributed by atoms with Crippen molar-refractivity contribution in [1.29, 1.82) is 0 Å². The highest BCUT2D eigenvalue weighted by Gasteiger charge is 2.31. The Labute approximate surface area is 129 Å². The molecule has 1 saturated heterocycles. The highest BCUT2D eigenvalue weighted by Crippen LogP contribution is 2.33. The van der Waals surface area contributed by atoms with Gasteiger partial charge in [0.25, 0.3) is 0 Å². The van der Waals surface area contributed by atoms with Crippen LogP contribution in [0, 0.1) is 12.7 Å². The van der Waals surface area contributed by atoms with Crippen molar-refractivity contribution >= 4 is 11.7 Å². The van der Waals surface area contributed by atoms with Gasteiger partial charge in [-0.1, -0.05) is 35.9 Å². The number of benzene rings is 2. The number of nitrogens with zero attached hydrogens (tertiary/aromatic N) is 1. The molecular weight excluding hydrogens is 279 g/mol. The second-order valence-electron chi connectivity index (χ2n) is 5.67. The van der Waals surface area contributed by atoms with Crippen LogP contribution in [0.1, 0.15) is 30.0 Å². The van der Waals surface area contributed by atoms with Crippen molar-refractivity contribution in [2.45, 2.75) is 25.8 Å². The van der Waals surface area contributed by atoms with Crippen molar-refractivity contribution in [2.75, 3.05) is 11.9 Å². The van der Waals surface area contributed by atoms with Gasteiger partial charge in [-0.05, 0) is 38.0 Å². The maximum absolute atomic E-state index is 14.0. The van der Waals surface area contributed by atoms with Crippen LogP contribution in [-0.4, -0.2) is 17.5 Å². The molecule has 0 unspecified atom stereocenters. The molecule has 2 amide bonds. The Morgan fingerprint density at radius 2 is 1.91 bits per heavy atom. The van der Waals surface area contributed by atoms with Crippen LogP contribution in [-0.2, 0) is 0 Å². The molecule has 1 fully saturated rings. The summed E-state index contributed by atoms with van der Waals surface area (Å²) in [5.74, 6) is -0.248. The van der Waals surface area contributed by atoms with E-state index in [-0.39, 0.29) is 17.9 Å². The summed E-state index contributed by atoms with van der Waals surface area (Å²) in [6, 6.07) is 14.0. The monoisotopic (exact) mass is 298 g/mol. The van der Waals surface area contributed by atoms with Crippen LogP contribution in [0.4, 0.5) is 14.9 Å². The molecule has 114 valence electrons. The third kappa shape index (κ3) is 2.96. The Hall–Kier alpha value is -2.36. The summed E-state index contributed by atoms with van der Waals surface area (Å²) >= 11 is 0. The van der Waals surface area contributed by atoms with Gasteiger partial charge in [0.05, 0.1) is 6.04 Å². The van der Waals surface area contributed by atoms with Crippen molar-refractivity contribution in [2.24, 2.45) is 0 Å². The van der Waals surface area contributed by atoms with Crippen LogP contribution in [0.15, 0.2) is 48.5 Å². The van der Waals surface area contributed by atoms with Crippen molar-refractivity contribution in [3.8, 4) is 0 Å². The molecule has 1 N–H and O–H groups in total. The first-order chi connectivity index (χ1) is 10.6. The van der Waals surface area contributed by atoms with E-state index in [0.29, 0.717) is 12.1 Å². The van der Waals surface area contributed by atoms with E-state index >= 15 is 0 Å². The fourth-order valence-corrected chi connectivity index (χ4v) is 2.91. The molecule has 1 aliphatic heterocycles. The van der Waals surface area contributed by atoms with Crippen LogP contribution in [0.3, 0.4) is 0 Å². The van der Waals surface area contributed by atoms with Gasteiger partial charge in [-0.2, -0.15) is 0 Å². The first-order valence-electron chi connectivity index (χ1n) is 7.54. The van der Waals surface area contributed by atoms with Gasteiger partial charge in [-0.25, -0.2) is 9.18 Å². The smallest absolute Gasteiger partial charge is 0.317 e. The Bertz CT molecular complexity index is 669. The average molecular weight is 298 g/mol. The van der Waals surface area contributed by atoms with Crippen molar-refractivity contribution in [1.82, 2.24) is 4.90 Å². The summed E-state index contributed by atoms with van der Waals surface area (Å²) in [5, 5.41) is 2.89. The molecule has 0 bridgehead atoms. The first-order valence-corrected chi connectivity index (χ1v) is 7.54. The van der Waals surface area contributed by atoms with E-state index in [1.165, 1.54) is 6.07 Å². The van der Waals surface area contributed by atoms with Crippen LogP contribution < -0.4 is 5.32 Å². The highest BCUT2D eigenvalue weighted by atomic mass is 19.1. The maximum Gasteiger partial charge on any atom is 0.322 e. The minimum absolute atomic E-state index is 0.172. The molecule has 4 heteroatoms. The largest absolute Gasteiger partial charge is 0.322 e. The zero-order valence-electron chi connectivity index (χ0n) is 12.6. The van der Waals surface area contributed by atoms with Gasteiger partial charge in [0, 0.05) is 17.8 Å². The first kappa shape index (κ1) is 14.6. The summed E-state index contributed by atoms with van der Waals surface area (Å²) in [4.78, 5) is 14.2. The number of rotatable bonds is 2. The molecule has 22 heavy (non-hydrogen) atoms. The van der Waals surface area contributed by atoms with E-state index in [4.69, 9.17) is 0 Å². The molecule has 0 aliphatic carbocycles. The number of halogens is 1. The summed E-state index contributed by atoms with van der Waals surface area (Å²) < 4.78 is 14.0. The lowest BCUT2D eigenvalue weighted by Crippen LogP contribution is -2.34. The maximum atomic E-state index is 14.0. The third-order valence-corrected chi connectivity index (χ3v) is 4.08. The number of hydrogen-bond acceptors (Lipinski definition) is 1. The van der Waals surface area contributed by atoms with E-state index < -0.39 is 0 Å². The normalized spacial score (nSPS) is 17.5. The van der Waals surface area contributed by atoms with E-state index in [9.17, 15) is 9.18 Å². The number of urea groups is 1. The zero-order valence-corrected chi connectivity index (χ0v) is 12.6. The Morgan fingerprint density at radius 3 is 2.64 bits per heavy atom. The molecule has 1 atom stereocenters. The molecule has 0 saturated carbocycles. The van der Waals surface area contributed by atoms with E-state index in [0.717, 1.165) is 24.1 Å². The van der Waals surface area contributed by atoms with Gasteiger partial charge in [-0.15, -0.1) is 0 Å². The van der Waals surface area contributed by atoms with Gasteiger partial charge in [-0.3, -0.25) is 0 Å². The highest BCUT2D eigenvalue weighted by molar-refractivity contribution is 5.89. The number of amides is 2. The average Bonchev–Trinajstić information content (AvgIpc) is 2.99. The standard InChI is InChI=1S/C18H19FN2O/c1-13-8-10-14(11-9-13)20-18(22)21-12-4-7-17(21)15-5-2-3-6-16(15)19/h2-3,5-6,8-11,17H,4,7,12H2,1H3,(H,20,22)/t17-/m1/s1. The Kier molecular flexibility index (Phi) is 4.09. The molecule has 0 spiro atoms. The molecule has 0 aromatic heterocycles. The third-order valence-electron chi connectivity index (χ3n) is 4.08. The second-order valence-corrected chi connectivity index (χ2v) is 5.67. The fourth-order valence-electron chi connectivity index (χ4n) is 2.91. The van der Waals surface area contributed by atoms with E-state index in [1.54, 1.807) is 17.0 Å². The number of carbonyl (C=O) groups excluding carboxylic acids is 1. The van der Waals surface area contributed by atoms with Crippen LogP contribution in [0.25, 0.3) is 0 Å². The number of aryl methyl sites for hydroxylation is 1. The molecule has 1 heterocycles. The van der Waals surface area contributed by atoms with Crippen molar-refractivity contribution < 1.29 is 9.18 Å². The summed E-state index contributed by atoms with van der Waals surface area (Å²) in [5.41, 5.74) is 2.50. The molecule has 3 nitrogen and oxygen atoms in total. The minimum atomic E-state index is -0.248. The van der Waals surface area contributed by atoms with Gasteiger partial charge < -0.3 is 10.2 Å². The van der Waals surface area contributed by atoms with Crippen molar-refractivity contribution in [3.63, 3.8) is 0 Å². The summed E-state index contributed by atoms with van der Waals surface area (Å²) in [6.45, 7) is 2.65. The minimum Gasteiger partial charge on any atom is -0.317 e. The van der Waals surface area contributed by atoms with Gasteiger partial charge in [0.2, 0.25) is 0 Å². The second kappa shape index (κ2) is 6.18. The number of likely N-dealkylation sites (tertiary alicyclic amines) is 1. The van der Waals surface area contributed by atoms with Crippen LogP contribution in [0.5, 0.6) is 0 Å². The predicted molar refractivity (Wildman–Crippen MR) is 85.3 cm³/mol. The lowest BCUT2D eigenvalue weighted by molar-refractivity contribution is 0.206. The lowest BCUT2D eigenvalue weighted by Gasteiger charge is -2.25. The van der Waals surface area contributed by atoms with Crippen LogP contribution in [0.2, 0.25) is 0 Å². The predicted octanol–water partition coefficient (Wildman–Crippen LogP) is 4.50. The molecule has 2 aromatic carbocycles.